The first-order valence-corrected chi connectivity index (χ1v) is 15.0. The standard InChI is InChI=1S/C22H38N8O10S2/c1-22(2,41-21-26-29-30-27-21)12-18(33)28-42(38)11-3-4-16(31)23-7-8-39-9-10-40-14-25-15(20(36)37)5-6-17(32)24-13-19(34)35/h15,25H,3-14H2,1-2H3,(H,23,31)(H,24,32)(H,28,33)(H,34,35)(H,36,37)(H,26,27,29,30)/t15-,42?/m0/s1. The zero-order chi connectivity index (χ0) is 31.4. The van der Waals surface area contributed by atoms with Crippen LogP contribution in [0.3, 0.4) is 0 Å². The normalized spacial score (nSPS) is 12.7. The zero-order valence-electron chi connectivity index (χ0n) is 23.4. The summed E-state index contributed by atoms with van der Waals surface area (Å²) >= 11 is 1.26. The summed E-state index contributed by atoms with van der Waals surface area (Å²) in [4.78, 5) is 57.3. The molecule has 18 nitrogen and oxygen atoms in total. The van der Waals surface area contributed by atoms with Gasteiger partial charge < -0.3 is 30.3 Å². The van der Waals surface area contributed by atoms with E-state index in [0.717, 1.165) is 0 Å². The molecule has 1 heterocycles. The van der Waals surface area contributed by atoms with Crippen molar-refractivity contribution in [3.05, 3.63) is 0 Å². The predicted molar refractivity (Wildman–Crippen MR) is 148 cm³/mol. The van der Waals surface area contributed by atoms with Crippen LogP contribution in [0.1, 0.15) is 46.0 Å². The van der Waals surface area contributed by atoms with Gasteiger partial charge in [-0.25, -0.2) is 4.21 Å². The Morgan fingerprint density at radius 3 is 2.40 bits per heavy atom. The molecule has 1 aromatic heterocycles. The number of carboxylic acid groups (broad SMARTS) is 2. The van der Waals surface area contributed by atoms with Gasteiger partial charge in [0.25, 0.3) is 0 Å². The Bertz CT molecular complexity index is 1030. The number of nitrogens with zero attached hydrogens (tertiary/aromatic N) is 3. The fraction of sp³-hybridized carbons (Fsp3) is 0.727. The number of aromatic amines is 1. The lowest BCUT2D eigenvalue weighted by Gasteiger charge is -2.20. The van der Waals surface area contributed by atoms with E-state index in [1.54, 1.807) is 0 Å². The van der Waals surface area contributed by atoms with Gasteiger partial charge in [0.1, 0.15) is 23.6 Å². The summed E-state index contributed by atoms with van der Waals surface area (Å²) in [6.45, 7) is 3.81. The summed E-state index contributed by atoms with van der Waals surface area (Å²) in [5.74, 6) is -3.46. The molecule has 0 aliphatic heterocycles. The first-order valence-electron chi connectivity index (χ1n) is 12.8. The van der Waals surface area contributed by atoms with Gasteiger partial charge in [0, 0.05) is 36.3 Å². The van der Waals surface area contributed by atoms with Gasteiger partial charge in [0.05, 0.1) is 26.6 Å². The number of rotatable bonds is 24. The Labute approximate surface area is 248 Å². The minimum atomic E-state index is -1.62. The molecule has 3 amide bonds. The van der Waals surface area contributed by atoms with E-state index in [1.807, 2.05) is 13.8 Å². The quantitative estimate of drug-likeness (QED) is 0.0372. The number of carbonyl (C=O) groups is 5. The highest BCUT2D eigenvalue weighted by Crippen LogP contribution is 2.32. The van der Waals surface area contributed by atoms with Crippen molar-refractivity contribution in [1.29, 1.82) is 0 Å². The Kier molecular flexibility index (Phi) is 18.1. The van der Waals surface area contributed by atoms with Crippen LogP contribution in [0, 0.1) is 0 Å². The molecule has 1 rings (SSSR count). The molecular formula is C22H38N8O10S2. The van der Waals surface area contributed by atoms with E-state index in [1.165, 1.54) is 11.8 Å². The number of nitrogens with one attached hydrogen (secondary N) is 5. The van der Waals surface area contributed by atoms with E-state index in [2.05, 4.69) is 41.3 Å². The van der Waals surface area contributed by atoms with Crippen LogP contribution in [-0.4, -0.2) is 121 Å². The monoisotopic (exact) mass is 638 g/mol. The maximum atomic E-state index is 12.2. The van der Waals surface area contributed by atoms with Gasteiger partial charge in [0.2, 0.25) is 22.9 Å². The third-order valence-corrected chi connectivity index (χ3v) is 7.18. The Balaban J connectivity index is 2.04. The first-order chi connectivity index (χ1) is 19.9. The Morgan fingerprint density at radius 1 is 1.02 bits per heavy atom. The van der Waals surface area contributed by atoms with E-state index in [0.29, 0.717) is 11.6 Å². The minimum absolute atomic E-state index is 0.0496. The van der Waals surface area contributed by atoms with Crippen LogP contribution in [-0.2, 0) is 44.4 Å². The summed E-state index contributed by atoms with van der Waals surface area (Å²) < 4.78 is 24.6. The van der Waals surface area contributed by atoms with Crippen molar-refractivity contribution in [3.63, 3.8) is 0 Å². The summed E-state index contributed by atoms with van der Waals surface area (Å²) in [6.07, 6.45) is 0.308. The second-order valence-corrected chi connectivity index (χ2v) is 12.2. The average molecular weight is 639 g/mol. The van der Waals surface area contributed by atoms with Gasteiger partial charge in [-0.05, 0) is 31.9 Å². The van der Waals surface area contributed by atoms with Crippen LogP contribution < -0.4 is 20.7 Å². The van der Waals surface area contributed by atoms with Crippen molar-refractivity contribution >= 4 is 52.4 Å². The largest absolute Gasteiger partial charge is 0.480 e. The lowest BCUT2D eigenvalue weighted by molar-refractivity contribution is -0.141. The topological polar surface area (TPSA) is 264 Å². The number of H-pyrrole nitrogens is 1. The number of tetrazole rings is 1. The second kappa shape index (κ2) is 20.6. The van der Waals surface area contributed by atoms with Crippen LogP contribution in [0.5, 0.6) is 0 Å². The third-order valence-electron chi connectivity index (χ3n) is 5.01. The van der Waals surface area contributed by atoms with Crippen LogP contribution >= 0.6 is 11.8 Å². The SMILES string of the molecule is CC(C)(CC(=O)NS(=O)CCCC(=O)NCCOCCOCN[C@@H](CCC(=O)NCC(=O)O)C(=O)O)Sc1nn[nH]n1. The highest BCUT2D eigenvalue weighted by Gasteiger charge is 2.26. The second-order valence-electron chi connectivity index (χ2n) is 9.23. The molecule has 1 aromatic rings. The molecule has 0 aliphatic carbocycles. The molecule has 0 aromatic carbocycles. The molecular weight excluding hydrogens is 600 g/mol. The van der Waals surface area contributed by atoms with Crippen molar-refractivity contribution in [2.75, 3.05) is 45.4 Å². The number of aliphatic carboxylic acids is 2. The highest BCUT2D eigenvalue weighted by molar-refractivity contribution is 8.00. The Hall–Kier alpha value is -3.20. The van der Waals surface area contributed by atoms with Crippen LogP contribution in [0.15, 0.2) is 5.16 Å². The summed E-state index contributed by atoms with van der Waals surface area (Å²) in [6, 6.07) is -1.05. The molecule has 0 aliphatic rings. The van der Waals surface area contributed by atoms with Crippen molar-refractivity contribution < 1.29 is 47.9 Å². The number of thioether (sulfide) groups is 1. The van der Waals surface area contributed by atoms with Gasteiger partial charge in [-0.3, -0.25) is 34.0 Å². The molecule has 0 saturated carbocycles. The van der Waals surface area contributed by atoms with E-state index in [4.69, 9.17) is 14.6 Å². The number of carbonyl (C=O) groups excluding carboxylic acids is 3. The molecule has 0 bridgehead atoms. The predicted octanol–water partition coefficient (Wildman–Crippen LogP) is -1.85. The van der Waals surface area contributed by atoms with Gasteiger partial charge in [0.15, 0.2) is 0 Å². The maximum absolute atomic E-state index is 12.2. The van der Waals surface area contributed by atoms with Crippen molar-refractivity contribution in [2.24, 2.45) is 0 Å². The van der Waals surface area contributed by atoms with Crippen molar-refractivity contribution in [2.45, 2.75) is 61.9 Å². The number of hydrogen-bond acceptors (Lipinski definition) is 13. The summed E-state index contributed by atoms with van der Waals surface area (Å²) in [7, 11) is -1.62. The van der Waals surface area contributed by atoms with Crippen LogP contribution in [0.4, 0.5) is 0 Å². The molecule has 238 valence electrons. The summed E-state index contributed by atoms with van der Waals surface area (Å²) in [5, 5.41) is 39.0. The lowest BCUT2D eigenvalue weighted by Crippen LogP contribution is -2.39. The molecule has 42 heavy (non-hydrogen) atoms. The molecule has 7 N–H and O–H groups in total. The number of carboxylic acids is 2. The van der Waals surface area contributed by atoms with E-state index in [-0.39, 0.29) is 70.4 Å². The molecule has 1 unspecified atom stereocenters. The smallest absolute Gasteiger partial charge is 0.322 e. The van der Waals surface area contributed by atoms with E-state index in [9.17, 15) is 33.3 Å². The first kappa shape index (κ1) is 36.8. The van der Waals surface area contributed by atoms with Crippen molar-refractivity contribution in [3.8, 4) is 0 Å². The fourth-order valence-electron chi connectivity index (χ4n) is 3.10. The zero-order valence-corrected chi connectivity index (χ0v) is 25.0. The Morgan fingerprint density at radius 2 is 1.74 bits per heavy atom. The number of hydrogen-bond donors (Lipinski definition) is 7. The van der Waals surface area contributed by atoms with E-state index < -0.39 is 52.1 Å². The van der Waals surface area contributed by atoms with Crippen LogP contribution in [0.25, 0.3) is 0 Å². The minimum Gasteiger partial charge on any atom is -0.480 e. The van der Waals surface area contributed by atoms with Crippen molar-refractivity contribution in [1.82, 2.24) is 41.3 Å². The molecule has 0 fully saturated rings. The summed E-state index contributed by atoms with van der Waals surface area (Å²) in [5.41, 5.74) is 0. The molecule has 20 heteroatoms. The lowest BCUT2D eigenvalue weighted by atomic mass is 10.1. The van der Waals surface area contributed by atoms with E-state index >= 15 is 0 Å². The van der Waals surface area contributed by atoms with Gasteiger partial charge in [-0.2, -0.15) is 5.21 Å². The van der Waals surface area contributed by atoms with Gasteiger partial charge in [-0.1, -0.05) is 11.8 Å². The average Bonchev–Trinajstić information content (AvgIpc) is 3.39. The molecule has 0 spiro atoms. The maximum Gasteiger partial charge on any atom is 0.322 e. The molecule has 2 atom stereocenters. The van der Waals surface area contributed by atoms with Gasteiger partial charge in [-0.15, -0.1) is 10.2 Å². The fourth-order valence-corrected chi connectivity index (χ4v) is 4.80. The third kappa shape index (κ3) is 19.0. The number of amides is 3. The number of aromatic nitrogens is 4. The molecule has 0 radical (unpaired) electrons. The highest BCUT2D eigenvalue weighted by atomic mass is 32.2. The molecule has 0 saturated heterocycles. The van der Waals surface area contributed by atoms with Crippen LogP contribution in [0.2, 0.25) is 0 Å². The number of ether oxygens (including phenoxy) is 2. The van der Waals surface area contributed by atoms with Gasteiger partial charge >= 0.3 is 11.9 Å².